The average Bonchev–Trinajstić information content (AvgIpc) is 2.96. The molecular weight excluding hydrogens is 268 g/mol. The standard InChI is InChI=1S/C16H28N2OS/c1-6-17-11-16(7-8-19-12(16)2)9-14-18-13(10-20-14)15(3,4)5/h10,12,17H,6-9,11H2,1-5H3. The van der Waals surface area contributed by atoms with Gasteiger partial charge in [0.05, 0.1) is 16.8 Å². The zero-order chi connectivity index (χ0) is 14.8. The number of ether oxygens (including phenoxy) is 1. The quantitative estimate of drug-likeness (QED) is 0.904. The number of hydrogen-bond donors (Lipinski definition) is 1. The van der Waals surface area contributed by atoms with Crippen LogP contribution in [0.5, 0.6) is 0 Å². The molecule has 4 heteroatoms. The van der Waals surface area contributed by atoms with Gasteiger partial charge in [-0.2, -0.15) is 0 Å². The molecule has 114 valence electrons. The molecule has 3 nitrogen and oxygen atoms in total. The van der Waals surface area contributed by atoms with Gasteiger partial charge in [-0.3, -0.25) is 0 Å². The highest BCUT2D eigenvalue weighted by Crippen LogP contribution is 2.39. The van der Waals surface area contributed by atoms with Gasteiger partial charge in [-0.25, -0.2) is 4.98 Å². The van der Waals surface area contributed by atoms with Crippen LogP contribution in [0.1, 0.15) is 51.7 Å². The third kappa shape index (κ3) is 3.41. The molecule has 1 aromatic rings. The van der Waals surface area contributed by atoms with Crippen LogP contribution < -0.4 is 5.32 Å². The fraction of sp³-hybridized carbons (Fsp3) is 0.812. The third-order valence-corrected chi connectivity index (χ3v) is 5.23. The van der Waals surface area contributed by atoms with Crippen molar-refractivity contribution >= 4 is 11.3 Å². The first-order valence-corrected chi connectivity index (χ1v) is 8.52. The van der Waals surface area contributed by atoms with Crippen LogP contribution >= 0.6 is 11.3 Å². The number of nitrogens with one attached hydrogen (secondary N) is 1. The maximum atomic E-state index is 5.85. The van der Waals surface area contributed by atoms with Crippen LogP contribution in [0.15, 0.2) is 5.38 Å². The van der Waals surface area contributed by atoms with Crippen LogP contribution in [0, 0.1) is 5.41 Å². The summed E-state index contributed by atoms with van der Waals surface area (Å²) in [6, 6.07) is 0. The first-order chi connectivity index (χ1) is 9.37. The molecule has 1 fully saturated rings. The van der Waals surface area contributed by atoms with Crippen LogP contribution in [-0.4, -0.2) is 30.8 Å². The molecule has 1 aromatic heterocycles. The molecule has 1 saturated heterocycles. The molecule has 0 aromatic carbocycles. The van der Waals surface area contributed by atoms with Gasteiger partial charge in [0.15, 0.2) is 0 Å². The Hall–Kier alpha value is -0.450. The van der Waals surface area contributed by atoms with Gasteiger partial charge in [0.2, 0.25) is 0 Å². The van der Waals surface area contributed by atoms with Crippen LogP contribution in [0.2, 0.25) is 0 Å². The highest BCUT2D eigenvalue weighted by Gasteiger charge is 2.42. The second-order valence-corrected chi connectivity index (χ2v) is 7.90. The topological polar surface area (TPSA) is 34.2 Å². The minimum Gasteiger partial charge on any atom is -0.378 e. The second kappa shape index (κ2) is 6.12. The fourth-order valence-corrected chi connectivity index (χ4v) is 3.93. The lowest BCUT2D eigenvalue weighted by atomic mass is 9.78. The second-order valence-electron chi connectivity index (χ2n) is 6.96. The maximum Gasteiger partial charge on any atom is 0.0935 e. The summed E-state index contributed by atoms with van der Waals surface area (Å²) in [5.74, 6) is 0. The molecule has 0 saturated carbocycles. The van der Waals surface area contributed by atoms with E-state index in [0.717, 1.165) is 32.5 Å². The molecule has 1 aliphatic heterocycles. The molecule has 1 aliphatic rings. The van der Waals surface area contributed by atoms with Gasteiger partial charge in [0, 0.05) is 35.8 Å². The predicted molar refractivity (Wildman–Crippen MR) is 85.5 cm³/mol. The van der Waals surface area contributed by atoms with Gasteiger partial charge in [-0.05, 0) is 19.9 Å². The Morgan fingerprint density at radius 2 is 2.25 bits per heavy atom. The van der Waals surface area contributed by atoms with E-state index in [-0.39, 0.29) is 10.8 Å². The molecule has 0 amide bonds. The zero-order valence-corrected chi connectivity index (χ0v) is 14.3. The first kappa shape index (κ1) is 15.9. The van der Waals surface area contributed by atoms with E-state index in [2.05, 4.69) is 45.3 Å². The van der Waals surface area contributed by atoms with E-state index in [9.17, 15) is 0 Å². The van der Waals surface area contributed by atoms with Crippen LogP contribution in [0.3, 0.4) is 0 Å². The molecule has 20 heavy (non-hydrogen) atoms. The number of nitrogens with zero attached hydrogens (tertiary/aromatic N) is 1. The summed E-state index contributed by atoms with van der Waals surface area (Å²) >= 11 is 1.80. The van der Waals surface area contributed by atoms with Crippen molar-refractivity contribution in [2.45, 2.75) is 59.0 Å². The minimum absolute atomic E-state index is 0.140. The van der Waals surface area contributed by atoms with Crippen molar-refractivity contribution < 1.29 is 4.74 Å². The van der Waals surface area contributed by atoms with E-state index < -0.39 is 0 Å². The van der Waals surface area contributed by atoms with E-state index in [1.54, 1.807) is 11.3 Å². The number of aromatic nitrogens is 1. The molecule has 2 heterocycles. The molecule has 0 aliphatic carbocycles. The summed E-state index contributed by atoms with van der Waals surface area (Å²) in [5, 5.41) is 6.99. The van der Waals surface area contributed by atoms with Gasteiger partial charge in [0.1, 0.15) is 0 Å². The zero-order valence-electron chi connectivity index (χ0n) is 13.5. The van der Waals surface area contributed by atoms with Crippen molar-refractivity contribution in [2.75, 3.05) is 19.7 Å². The molecule has 2 unspecified atom stereocenters. The summed E-state index contributed by atoms with van der Waals surface area (Å²) in [4.78, 5) is 4.87. The van der Waals surface area contributed by atoms with E-state index in [0.29, 0.717) is 6.10 Å². The molecule has 0 bridgehead atoms. The van der Waals surface area contributed by atoms with E-state index >= 15 is 0 Å². The summed E-state index contributed by atoms with van der Waals surface area (Å²) in [6.45, 7) is 14.0. The summed E-state index contributed by atoms with van der Waals surface area (Å²) < 4.78 is 5.85. The van der Waals surface area contributed by atoms with Gasteiger partial charge >= 0.3 is 0 Å². The monoisotopic (exact) mass is 296 g/mol. The van der Waals surface area contributed by atoms with Crippen LogP contribution in [0.25, 0.3) is 0 Å². The molecule has 0 spiro atoms. The Labute approximate surface area is 127 Å². The SMILES string of the molecule is CCNCC1(Cc2nc(C(C)(C)C)cs2)CCOC1C. The van der Waals surface area contributed by atoms with Crippen molar-refractivity contribution in [3.05, 3.63) is 16.1 Å². The fourth-order valence-electron chi connectivity index (χ4n) is 2.76. The van der Waals surface area contributed by atoms with Gasteiger partial charge in [-0.1, -0.05) is 27.7 Å². The van der Waals surface area contributed by atoms with E-state index in [1.165, 1.54) is 10.7 Å². The van der Waals surface area contributed by atoms with E-state index in [1.807, 2.05) is 0 Å². The maximum absolute atomic E-state index is 5.85. The Balaban J connectivity index is 2.14. The number of hydrogen-bond acceptors (Lipinski definition) is 4. The summed E-state index contributed by atoms with van der Waals surface area (Å²) in [6.07, 6.45) is 2.47. The molecule has 1 N–H and O–H groups in total. The van der Waals surface area contributed by atoms with Crippen molar-refractivity contribution in [2.24, 2.45) is 5.41 Å². The molecule has 2 rings (SSSR count). The highest BCUT2D eigenvalue weighted by molar-refractivity contribution is 7.09. The largest absolute Gasteiger partial charge is 0.378 e. The van der Waals surface area contributed by atoms with Crippen molar-refractivity contribution in [1.29, 1.82) is 0 Å². The number of thiazole rings is 1. The highest BCUT2D eigenvalue weighted by atomic mass is 32.1. The van der Waals surface area contributed by atoms with Gasteiger partial charge in [-0.15, -0.1) is 11.3 Å². The Bertz CT molecular complexity index is 438. The van der Waals surface area contributed by atoms with Crippen LogP contribution in [-0.2, 0) is 16.6 Å². The van der Waals surface area contributed by atoms with Crippen molar-refractivity contribution in [1.82, 2.24) is 10.3 Å². The van der Waals surface area contributed by atoms with Crippen LogP contribution in [0.4, 0.5) is 0 Å². The summed E-state index contributed by atoms with van der Waals surface area (Å²) in [7, 11) is 0. The van der Waals surface area contributed by atoms with Gasteiger partial charge < -0.3 is 10.1 Å². The molecular formula is C16H28N2OS. The smallest absolute Gasteiger partial charge is 0.0935 e. The average molecular weight is 296 g/mol. The van der Waals surface area contributed by atoms with Crippen molar-refractivity contribution in [3.63, 3.8) is 0 Å². The third-order valence-electron chi connectivity index (χ3n) is 4.38. The molecule has 2 atom stereocenters. The lowest BCUT2D eigenvalue weighted by Gasteiger charge is -2.31. The van der Waals surface area contributed by atoms with E-state index in [4.69, 9.17) is 9.72 Å². The van der Waals surface area contributed by atoms with Crippen molar-refractivity contribution in [3.8, 4) is 0 Å². The number of rotatable bonds is 5. The first-order valence-electron chi connectivity index (χ1n) is 7.64. The Kier molecular flexibility index (Phi) is 4.88. The minimum atomic E-state index is 0.140. The lowest BCUT2D eigenvalue weighted by molar-refractivity contribution is 0.0632. The van der Waals surface area contributed by atoms with Gasteiger partial charge in [0.25, 0.3) is 0 Å². The lowest BCUT2D eigenvalue weighted by Crippen LogP contribution is -2.41. The molecule has 0 radical (unpaired) electrons. The predicted octanol–water partition coefficient (Wildman–Crippen LogP) is 3.39. The Morgan fingerprint density at radius 3 is 2.75 bits per heavy atom. The Morgan fingerprint density at radius 1 is 1.50 bits per heavy atom. The summed E-state index contributed by atoms with van der Waals surface area (Å²) in [5.41, 5.74) is 1.56. The normalized spacial score (nSPS) is 27.1.